The molecule has 4 fully saturated rings. The van der Waals surface area contributed by atoms with Crippen LogP contribution in [0.15, 0.2) is 52.1 Å². The molecule has 9 rings (SSSR count). The van der Waals surface area contributed by atoms with Gasteiger partial charge in [0, 0.05) is 0 Å². The highest BCUT2D eigenvalue weighted by atomic mass is 16.2. The van der Waals surface area contributed by atoms with Crippen molar-refractivity contribution in [1.82, 2.24) is 13.9 Å². The summed E-state index contributed by atoms with van der Waals surface area (Å²) in [4.78, 5) is 52.6. The third-order valence-corrected chi connectivity index (χ3v) is 8.57. The molecule has 0 N–H and O–H groups in total. The van der Waals surface area contributed by atoms with Crippen LogP contribution in [0, 0.1) is 34.5 Å². The first kappa shape index (κ1) is 13.2. The Balaban J connectivity index is 1.50. The van der Waals surface area contributed by atoms with Crippen molar-refractivity contribution in [1.29, 1.82) is 0 Å². The van der Waals surface area contributed by atoms with Crippen LogP contribution in [-0.4, -0.2) is 25.5 Å². The number of ketones is 2. The van der Waals surface area contributed by atoms with Crippen LogP contribution in [0.2, 0.25) is 0 Å². The monoisotopic (exact) mass is 359 g/mol. The molecule has 4 saturated carbocycles. The highest BCUT2D eigenvalue weighted by Crippen LogP contribution is 3.03. The van der Waals surface area contributed by atoms with Gasteiger partial charge in [-0.05, 0) is 48.0 Å². The molecule has 3 heterocycles. The highest BCUT2D eigenvalue weighted by Gasteiger charge is 3.07. The van der Waals surface area contributed by atoms with Crippen molar-refractivity contribution in [3.8, 4) is 5.69 Å². The third-order valence-electron chi connectivity index (χ3n) is 8.57. The van der Waals surface area contributed by atoms with E-state index in [1.54, 1.807) is 24.3 Å². The number of benzene rings is 1. The van der Waals surface area contributed by atoms with Gasteiger partial charge in [-0.15, -0.1) is 0 Å². The van der Waals surface area contributed by atoms with Gasteiger partial charge < -0.3 is 0 Å². The Morgan fingerprint density at radius 3 is 1.74 bits per heavy atom. The summed E-state index contributed by atoms with van der Waals surface area (Å²) in [7, 11) is 0. The van der Waals surface area contributed by atoms with Crippen molar-refractivity contribution in [2.75, 3.05) is 0 Å². The lowest BCUT2D eigenvalue weighted by Crippen LogP contribution is -2.57. The number of nitrogens with zero attached hydrogens (tertiary/aromatic N) is 3. The molecule has 7 heteroatoms. The zero-order chi connectivity index (χ0) is 18.0. The minimum Gasteiger partial charge on any atom is -0.294 e. The van der Waals surface area contributed by atoms with Gasteiger partial charge in [0.25, 0.3) is 0 Å². The number of rotatable bonds is 1. The van der Waals surface area contributed by atoms with Crippen LogP contribution < -0.4 is 11.4 Å². The number of hydrogen-bond acceptors (Lipinski definition) is 4. The van der Waals surface area contributed by atoms with Crippen molar-refractivity contribution < 1.29 is 9.59 Å². The van der Waals surface area contributed by atoms with Crippen LogP contribution in [0.4, 0.5) is 0 Å². The molecule has 0 saturated heterocycles. The number of hydrogen-bond donors (Lipinski definition) is 0. The maximum atomic E-state index is 13.3. The van der Waals surface area contributed by atoms with E-state index >= 15 is 0 Å². The van der Waals surface area contributed by atoms with Crippen molar-refractivity contribution in [2.24, 2.45) is 34.5 Å². The van der Waals surface area contributed by atoms with Crippen LogP contribution in [0.5, 0.6) is 0 Å². The minimum absolute atomic E-state index is 0.0152. The summed E-state index contributed by atoms with van der Waals surface area (Å²) in [5, 5.41) is 0. The summed E-state index contributed by atoms with van der Waals surface area (Å²) in [6.45, 7) is 0. The Bertz CT molecular complexity index is 1240. The quantitative estimate of drug-likeness (QED) is 0.723. The van der Waals surface area contributed by atoms with Gasteiger partial charge in [-0.3, -0.25) is 9.59 Å². The van der Waals surface area contributed by atoms with Crippen molar-refractivity contribution >= 4 is 11.6 Å². The smallest absolute Gasteiger partial charge is 0.294 e. The number of carbonyl (C=O) groups excluding carboxylic acids is 2. The molecule has 5 aliphatic carbocycles. The van der Waals surface area contributed by atoms with Gasteiger partial charge >= 0.3 is 11.4 Å². The van der Waals surface area contributed by atoms with Crippen molar-refractivity contribution in [3.63, 3.8) is 0 Å². The topological polar surface area (TPSA) is 83.1 Å². The molecule has 27 heavy (non-hydrogen) atoms. The number of allylic oxidation sites excluding steroid dienone is 2. The lowest BCUT2D eigenvalue weighted by Gasteiger charge is -2.47. The molecule has 2 aromatic rings. The normalized spacial score (nSPS) is 47.9. The van der Waals surface area contributed by atoms with Crippen LogP contribution in [0.1, 0.15) is 12.1 Å². The zero-order valence-corrected chi connectivity index (χ0v) is 14.0. The Morgan fingerprint density at radius 1 is 0.704 bits per heavy atom. The molecule has 2 unspecified atom stereocenters. The molecule has 1 aromatic heterocycles. The molecule has 132 valence electrons. The molecular weight excluding hydrogens is 346 g/mol. The lowest BCUT2D eigenvalue weighted by molar-refractivity contribution is -0.140. The Hall–Kier alpha value is -2.96. The summed E-state index contributed by atoms with van der Waals surface area (Å²) < 4.78 is 4.26. The number of carbonyl (C=O) groups is 2. The molecule has 2 aliphatic heterocycles. The van der Waals surface area contributed by atoms with E-state index in [2.05, 4.69) is 0 Å². The lowest BCUT2D eigenvalue weighted by atomic mass is 9.65. The predicted octanol–water partition coefficient (Wildman–Crippen LogP) is 0.0965. The first-order valence-corrected chi connectivity index (χ1v) is 9.38. The van der Waals surface area contributed by atoms with E-state index in [4.69, 9.17) is 0 Å². The molecular formula is C20H13N3O4. The summed E-state index contributed by atoms with van der Waals surface area (Å²) in [6.07, 6.45) is 2.81. The standard InChI is InChI=1S/C20H13N3O4/c24-9-6-7-10(25)20-14-11-12-13(11)16(20)23-18(27)21(8-4-2-1-3-5-8)17(26)22(23)15(12)19(9,14)20/h1-7,11-16H/t11?,12-,13-,14?,15-,16+,19+,20+/m0/s1. The maximum absolute atomic E-state index is 13.3. The molecule has 0 radical (unpaired) electrons. The van der Waals surface area contributed by atoms with E-state index in [0.29, 0.717) is 11.6 Å². The van der Waals surface area contributed by atoms with Crippen LogP contribution in [-0.2, 0) is 9.59 Å². The van der Waals surface area contributed by atoms with Gasteiger partial charge in [0.1, 0.15) is 0 Å². The molecule has 7 aliphatic rings. The third kappa shape index (κ3) is 0.890. The highest BCUT2D eigenvalue weighted by molar-refractivity contribution is 6.18. The molecule has 8 atom stereocenters. The second-order valence-corrected chi connectivity index (χ2v) is 8.82. The van der Waals surface area contributed by atoms with Gasteiger partial charge in [0.2, 0.25) is 0 Å². The predicted molar refractivity (Wildman–Crippen MR) is 90.3 cm³/mol. The van der Waals surface area contributed by atoms with E-state index in [0.717, 1.165) is 0 Å². The first-order chi connectivity index (χ1) is 13.1. The van der Waals surface area contributed by atoms with Crippen molar-refractivity contribution in [2.45, 2.75) is 12.1 Å². The second kappa shape index (κ2) is 3.32. The number of para-hydroxylation sites is 1. The largest absolute Gasteiger partial charge is 0.352 e. The summed E-state index contributed by atoms with van der Waals surface area (Å²) in [5.41, 5.74) is -1.81. The average Bonchev–Trinajstić information content (AvgIpc) is 3.45. The summed E-state index contributed by atoms with van der Waals surface area (Å²) in [5.74, 6) is 0.796. The molecule has 0 amide bonds. The first-order valence-electron chi connectivity index (χ1n) is 9.38. The van der Waals surface area contributed by atoms with E-state index in [1.807, 2.05) is 6.07 Å². The molecule has 7 nitrogen and oxygen atoms in total. The van der Waals surface area contributed by atoms with E-state index in [1.165, 1.54) is 26.1 Å². The Kier molecular flexibility index (Phi) is 1.63. The van der Waals surface area contributed by atoms with E-state index in [9.17, 15) is 19.2 Å². The fraction of sp³-hybridized carbons (Fsp3) is 0.400. The van der Waals surface area contributed by atoms with Crippen LogP contribution in [0.3, 0.4) is 0 Å². The van der Waals surface area contributed by atoms with Gasteiger partial charge in [-0.2, -0.15) is 0 Å². The second-order valence-electron chi connectivity index (χ2n) is 8.82. The summed E-state index contributed by atoms with van der Waals surface area (Å²) in [6, 6.07) is 8.14. The number of aromatic nitrogens is 3. The zero-order valence-electron chi connectivity index (χ0n) is 14.0. The Labute approximate surface area is 151 Å². The van der Waals surface area contributed by atoms with Gasteiger partial charge in [-0.25, -0.2) is 23.5 Å². The fourth-order valence-electron chi connectivity index (χ4n) is 8.21. The van der Waals surface area contributed by atoms with Crippen molar-refractivity contribution in [3.05, 3.63) is 63.5 Å². The molecule has 2 spiro atoms. The van der Waals surface area contributed by atoms with E-state index in [-0.39, 0.29) is 41.4 Å². The fourth-order valence-corrected chi connectivity index (χ4v) is 8.21. The van der Waals surface area contributed by atoms with Gasteiger partial charge in [-0.1, -0.05) is 18.2 Å². The Morgan fingerprint density at radius 2 is 1.22 bits per heavy atom. The van der Waals surface area contributed by atoms with Gasteiger partial charge in [0.05, 0.1) is 28.6 Å². The van der Waals surface area contributed by atoms with Gasteiger partial charge in [0.15, 0.2) is 11.6 Å². The molecule has 2 bridgehead atoms. The minimum atomic E-state index is -0.771. The molecule has 1 aromatic carbocycles. The van der Waals surface area contributed by atoms with Crippen LogP contribution >= 0.6 is 0 Å². The van der Waals surface area contributed by atoms with Crippen LogP contribution in [0.25, 0.3) is 5.69 Å². The SMILES string of the molecule is O=C1C=CC(=O)[C@@]23C4C5[C@H]6[C@H]5[C@H]2n2c(=O)n(-c5ccccc5)c(=O)n2[C@@H]6[C@@]143. The summed E-state index contributed by atoms with van der Waals surface area (Å²) >= 11 is 0. The average molecular weight is 359 g/mol. The maximum Gasteiger partial charge on any atom is 0.352 e. The van der Waals surface area contributed by atoms with E-state index < -0.39 is 22.2 Å².